The predicted octanol–water partition coefficient (Wildman–Crippen LogP) is 3.56. The molecule has 3 heterocycles. The molecule has 1 unspecified atom stereocenters. The largest absolute Gasteiger partial charge is 0.481 e. The van der Waals surface area contributed by atoms with Crippen LogP contribution in [-0.2, 0) is 14.3 Å². The number of fused-ring (bicyclic) bond motifs is 1. The van der Waals surface area contributed by atoms with Crippen molar-refractivity contribution in [3.8, 4) is 11.3 Å². The summed E-state index contributed by atoms with van der Waals surface area (Å²) >= 11 is 6.39. The lowest BCUT2D eigenvalue weighted by Gasteiger charge is -2.26. The number of carbonyl (C=O) groups is 2. The minimum absolute atomic E-state index is 0.0611. The van der Waals surface area contributed by atoms with Crippen LogP contribution >= 0.6 is 11.6 Å². The van der Waals surface area contributed by atoms with Gasteiger partial charge in [0.05, 0.1) is 22.8 Å². The summed E-state index contributed by atoms with van der Waals surface area (Å²) < 4.78 is 8.04. The molecule has 12 heteroatoms. The van der Waals surface area contributed by atoms with Crippen LogP contribution < -0.4 is 10.9 Å². The van der Waals surface area contributed by atoms with Crippen LogP contribution in [0.15, 0.2) is 29.6 Å². The number of hydrogen-bond donors (Lipinski definition) is 2. The van der Waals surface area contributed by atoms with Gasteiger partial charge in [-0.2, -0.15) is 5.10 Å². The van der Waals surface area contributed by atoms with E-state index < -0.39 is 29.1 Å². The van der Waals surface area contributed by atoms with E-state index in [1.54, 1.807) is 40.0 Å². The number of aliphatic carboxylic acids is 1. The third kappa shape index (κ3) is 5.51. The van der Waals surface area contributed by atoms with Crippen molar-refractivity contribution in [3.05, 3.63) is 40.2 Å². The van der Waals surface area contributed by atoms with Gasteiger partial charge in [0.15, 0.2) is 0 Å². The molecule has 0 aromatic carbocycles. The summed E-state index contributed by atoms with van der Waals surface area (Å²) in [6.07, 6.45) is 7.01. The van der Waals surface area contributed by atoms with Crippen molar-refractivity contribution in [2.75, 3.05) is 5.32 Å². The normalized spacial score (nSPS) is 19.1. The van der Waals surface area contributed by atoms with Crippen LogP contribution in [-0.4, -0.2) is 52.8 Å². The molecule has 3 aromatic rings. The Labute approximate surface area is 212 Å². The number of rotatable bonds is 6. The van der Waals surface area contributed by atoms with Crippen LogP contribution in [0.2, 0.25) is 5.02 Å². The highest BCUT2D eigenvalue weighted by Gasteiger charge is 2.27. The van der Waals surface area contributed by atoms with Crippen molar-refractivity contribution in [3.63, 3.8) is 0 Å². The number of anilines is 1. The fraction of sp³-hybridized carbons (Fsp3) is 0.500. The van der Waals surface area contributed by atoms with Crippen LogP contribution in [0.3, 0.4) is 0 Å². The maximum atomic E-state index is 13.1. The van der Waals surface area contributed by atoms with Gasteiger partial charge in [-0.05, 0) is 59.4 Å². The second kappa shape index (κ2) is 9.88. The molecule has 0 radical (unpaired) electrons. The molecule has 192 valence electrons. The minimum atomic E-state index is -0.859. The molecule has 0 spiro atoms. The predicted molar refractivity (Wildman–Crippen MR) is 133 cm³/mol. The highest BCUT2D eigenvalue weighted by Crippen LogP contribution is 2.30. The second-order valence-electron chi connectivity index (χ2n) is 10.0. The molecule has 3 aromatic heterocycles. The number of esters is 1. The first kappa shape index (κ1) is 25.6. The quantitative estimate of drug-likeness (QED) is 0.470. The molecule has 1 aliphatic carbocycles. The number of halogens is 1. The van der Waals surface area contributed by atoms with Gasteiger partial charge < -0.3 is 15.2 Å². The Morgan fingerprint density at radius 1 is 1.25 bits per heavy atom. The van der Waals surface area contributed by atoms with Gasteiger partial charge in [-0.1, -0.05) is 11.6 Å². The van der Waals surface area contributed by atoms with E-state index in [2.05, 4.69) is 20.4 Å². The van der Waals surface area contributed by atoms with E-state index in [9.17, 15) is 19.5 Å². The summed E-state index contributed by atoms with van der Waals surface area (Å²) in [5.74, 6) is -1.23. The van der Waals surface area contributed by atoms with Gasteiger partial charge in [0, 0.05) is 17.8 Å². The average molecular weight is 517 g/mol. The van der Waals surface area contributed by atoms with Crippen molar-refractivity contribution < 1.29 is 19.4 Å². The molecule has 2 N–H and O–H groups in total. The summed E-state index contributed by atoms with van der Waals surface area (Å²) in [4.78, 5) is 45.6. The van der Waals surface area contributed by atoms with Crippen molar-refractivity contribution >= 4 is 35.0 Å². The molecule has 1 atom stereocenters. The Hall–Kier alpha value is -3.47. The van der Waals surface area contributed by atoms with Gasteiger partial charge in [0.2, 0.25) is 5.95 Å². The van der Waals surface area contributed by atoms with Gasteiger partial charge in [-0.3, -0.25) is 14.2 Å². The molecule has 1 saturated carbocycles. The van der Waals surface area contributed by atoms with Gasteiger partial charge in [0.25, 0.3) is 5.56 Å². The molecule has 1 fully saturated rings. The zero-order chi connectivity index (χ0) is 26.2. The molecule has 36 heavy (non-hydrogen) atoms. The van der Waals surface area contributed by atoms with Crippen molar-refractivity contribution in [2.45, 2.75) is 71.1 Å². The number of aromatic nitrogens is 5. The van der Waals surface area contributed by atoms with Crippen molar-refractivity contribution in [1.82, 2.24) is 24.1 Å². The fourth-order valence-electron chi connectivity index (χ4n) is 4.22. The first-order chi connectivity index (χ1) is 16.9. The topological polar surface area (TPSA) is 141 Å². The third-order valence-corrected chi connectivity index (χ3v) is 6.42. The summed E-state index contributed by atoms with van der Waals surface area (Å²) in [5.41, 5.74) is 0.143. The number of nitrogens with zero attached hydrogens (tertiary/aromatic N) is 5. The minimum Gasteiger partial charge on any atom is -0.481 e. The number of nitrogens with one attached hydrogen (secondary N) is 1. The Balaban J connectivity index is 1.58. The first-order valence-electron chi connectivity index (χ1n) is 11.8. The summed E-state index contributed by atoms with van der Waals surface area (Å²) in [6.45, 7) is 6.87. The number of carbonyl (C=O) groups excluding carboxylic acids is 1. The zero-order valence-electron chi connectivity index (χ0n) is 20.6. The number of ether oxygens (including phenoxy) is 1. The first-order valence-corrected chi connectivity index (χ1v) is 12.2. The zero-order valence-corrected chi connectivity index (χ0v) is 21.3. The summed E-state index contributed by atoms with van der Waals surface area (Å²) in [5, 5.41) is 17.0. The summed E-state index contributed by atoms with van der Waals surface area (Å²) in [6, 6.07) is 0.817. The van der Waals surface area contributed by atoms with Crippen LogP contribution in [0, 0.1) is 5.92 Å². The smallest absolute Gasteiger partial charge is 0.329 e. The Kier molecular flexibility index (Phi) is 7.03. The lowest BCUT2D eigenvalue weighted by atomic mass is 9.86. The molecule has 0 amide bonds. The van der Waals surface area contributed by atoms with Crippen LogP contribution in [0.25, 0.3) is 16.8 Å². The maximum absolute atomic E-state index is 13.1. The SMILES string of the molecule is CC(C(=O)OC(C)(C)C)n1cnn2cc(-c3nc(NC4CCC(C(=O)O)CC4)ncc3Cl)cc2c1=O. The lowest BCUT2D eigenvalue weighted by molar-refractivity contribution is -0.158. The molecule has 0 aliphatic heterocycles. The number of carboxylic acids is 1. The van der Waals surface area contributed by atoms with E-state index in [1.807, 2.05) is 0 Å². The molecule has 0 bridgehead atoms. The highest BCUT2D eigenvalue weighted by molar-refractivity contribution is 6.32. The van der Waals surface area contributed by atoms with E-state index in [4.69, 9.17) is 16.3 Å². The van der Waals surface area contributed by atoms with Gasteiger partial charge in [-0.25, -0.2) is 19.3 Å². The van der Waals surface area contributed by atoms with Crippen LogP contribution in [0.4, 0.5) is 5.95 Å². The van der Waals surface area contributed by atoms with Crippen LogP contribution in [0.1, 0.15) is 59.4 Å². The number of carboxylic acid groups (broad SMARTS) is 1. The maximum Gasteiger partial charge on any atom is 0.329 e. The Bertz CT molecular complexity index is 1350. The number of hydrogen-bond acceptors (Lipinski definition) is 8. The van der Waals surface area contributed by atoms with Crippen molar-refractivity contribution in [2.24, 2.45) is 5.92 Å². The molecular weight excluding hydrogens is 488 g/mol. The van der Waals surface area contributed by atoms with Gasteiger partial charge in [-0.15, -0.1) is 0 Å². The molecule has 0 saturated heterocycles. The van der Waals surface area contributed by atoms with Crippen molar-refractivity contribution in [1.29, 1.82) is 0 Å². The molecule has 11 nitrogen and oxygen atoms in total. The standard InChI is InChI=1S/C24H29ClN6O5/c1-13(22(35)36-24(2,3)4)30-12-27-31-11-15(9-18(31)20(30)32)19-17(25)10-26-23(29-19)28-16-7-5-14(6-8-16)21(33)34/h9-14,16H,5-8H2,1-4H3,(H,33,34)(H,26,28,29). The van der Waals surface area contributed by atoms with Crippen LogP contribution in [0.5, 0.6) is 0 Å². The summed E-state index contributed by atoms with van der Waals surface area (Å²) in [7, 11) is 0. The monoisotopic (exact) mass is 516 g/mol. The molecule has 1 aliphatic rings. The highest BCUT2D eigenvalue weighted by atomic mass is 35.5. The van der Waals surface area contributed by atoms with E-state index >= 15 is 0 Å². The average Bonchev–Trinajstić information content (AvgIpc) is 3.24. The lowest BCUT2D eigenvalue weighted by Crippen LogP contribution is -2.34. The van der Waals surface area contributed by atoms with E-state index in [1.165, 1.54) is 21.6 Å². The van der Waals surface area contributed by atoms with Gasteiger partial charge in [0.1, 0.15) is 23.5 Å². The van der Waals surface area contributed by atoms with E-state index in [0.29, 0.717) is 47.9 Å². The Morgan fingerprint density at radius 3 is 2.58 bits per heavy atom. The Morgan fingerprint density at radius 2 is 1.94 bits per heavy atom. The van der Waals surface area contributed by atoms with Gasteiger partial charge >= 0.3 is 11.9 Å². The third-order valence-electron chi connectivity index (χ3n) is 6.15. The molecular formula is C24H29ClN6O5. The molecule has 4 rings (SSSR count). The second-order valence-corrected chi connectivity index (χ2v) is 10.4. The van der Waals surface area contributed by atoms with E-state index in [0.717, 1.165) is 0 Å². The fourth-order valence-corrected chi connectivity index (χ4v) is 4.42. The van der Waals surface area contributed by atoms with E-state index in [-0.39, 0.29) is 17.5 Å².